The van der Waals surface area contributed by atoms with Gasteiger partial charge in [0.15, 0.2) is 5.78 Å². The van der Waals surface area contributed by atoms with E-state index in [2.05, 4.69) is 0 Å². The van der Waals surface area contributed by atoms with Crippen LogP contribution in [0.3, 0.4) is 0 Å². The molecule has 0 unspecified atom stereocenters. The van der Waals surface area contributed by atoms with Gasteiger partial charge in [-0.2, -0.15) is 0 Å². The van der Waals surface area contributed by atoms with Crippen LogP contribution in [0.2, 0.25) is 0 Å². The van der Waals surface area contributed by atoms with Crippen LogP contribution in [-0.2, 0) is 33.4 Å². The first-order valence-electron chi connectivity index (χ1n) is 12.5. The van der Waals surface area contributed by atoms with E-state index in [0.29, 0.717) is 19.3 Å². The second-order valence-corrected chi connectivity index (χ2v) is 11.0. The molecule has 9 nitrogen and oxygen atoms in total. The minimum absolute atomic E-state index is 0.151. The quantitative estimate of drug-likeness (QED) is 0.435. The van der Waals surface area contributed by atoms with Crippen molar-refractivity contribution in [2.45, 2.75) is 83.5 Å². The summed E-state index contributed by atoms with van der Waals surface area (Å²) in [7, 11) is 0. The highest BCUT2D eigenvalue weighted by Crippen LogP contribution is 2.69. The van der Waals surface area contributed by atoms with E-state index in [4.69, 9.17) is 14.2 Å². The summed E-state index contributed by atoms with van der Waals surface area (Å²) < 4.78 is 16.6. The molecule has 0 aliphatic heterocycles. The van der Waals surface area contributed by atoms with Gasteiger partial charge in [-0.1, -0.05) is 13.0 Å². The normalized spacial score (nSPS) is 44.0. The zero-order valence-corrected chi connectivity index (χ0v) is 20.9. The first kappa shape index (κ1) is 25.8. The number of allylic oxidation sites excluding steroid dienone is 1. The number of rotatable bonds is 5. The van der Waals surface area contributed by atoms with Crippen molar-refractivity contribution >= 4 is 23.7 Å². The summed E-state index contributed by atoms with van der Waals surface area (Å²) in [6.07, 6.45) is 3.57. The van der Waals surface area contributed by atoms with Crippen molar-refractivity contribution in [3.63, 3.8) is 0 Å². The Morgan fingerprint density at radius 1 is 1.09 bits per heavy atom. The number of esters is 3. The Morgan fingerprint density at radius 2 is 1.80 bits per heavy atom. The van der Waals surface area contributed by atoms with E-state index in [0.717, 1.165) is 0 Å². The summed E-state index contributed by atoms with van der Waals surface area (Å²) in [6.45, 7) is 6.16. The van der Waals surface area contributed by atoms with Gasteiger partial charge in [0, 0.05) is 31.6 Å². The third-order valence-corrected chi connectivity index (χ3v) is 9.41. The van der Waals surface area contributed by atoms with Gasteiger partial charge in [-0.05, 0) is 51.0 Å². The van der Waals surface area contributed by atoms with Crippen molar-refractivity contribution in [3.8, 4) is 0 Å². The van der Waals surface area contributed by atoms with Crippen molar-refractivity contribution < 1.29 is 43.6 Å². The second-order valence-electron chi connectivity index (χ2n) is 11.0. The summed E-state index contributed by atoms with van der Waals surface area (Å²) in [5.74, 6) is -3.36. The number of ketones is 1. The second kappa shape index (κ2) is 8.69. The Balaban J connectivity index is 1.86. The van der Waals surface area contributed by atoms with Gasteiger partial charge >= 0.3 is 17.9 Å². The molecule has 35 heavy (non-hydrogen) atoms. The zero-order valence-electron chi connectivity index (χ0n) is 20.9. The van der Waals surface area contributed by atoms with Gasteiger partial charge in [0.05, 0.1) is 29.1 Å². The summed E-state index contributed by atoms with van der Waals surface area (Å²) >= 11 is 0. The molecule has 4 rings (SSSR count). The van der Waals surface area contributed by atoms with E-state index >= 15 is 0 Å². The molecule has 4 aliphatic rings. The van der Waals surface area contributed by atoms with E-state index in [1.807, 2.05) is 6.92 Å². The molecule has 9 heteroatoms. The van der Waals surface area contributed by atoms with Crippen LogP contribution in [0.5, 0.6) is 0 Å². The van der Waals surface area contributed by atoms with Crippen LogP contribution in [0.25, 0.3) is 0 Å². The molecule has 0 heterocycles. The molecule has 0 aromatic rings. The monoisotopic (exact) mass is 492 g/mol. The lowest BCUT2D eigenvalue weighted by Crippen LogP contribution is -2.72. The first-order chi connectivity index (χ1) is 16.3. The SMILES string of the molecule is CCOC(=O)[C@H]1CC[C@@]2(O)[C@@H]3CC[C@]4(O)CC(=O)C=C[C@]4(COC(C)=O)[C@H]3[C@H](OC(C)=O)C[C@]12C. The van der Waals surface area contributed by atoms with Gasteiger partial charge in [-0.3, -0.25) is 19.2 Å². The lowest BCUT2D eigenvalue weighted by Gasteiger charge is -2.65. The third kappa shape index (κ3) is 3.73. The Bertz CT molecular complexity index is 958. The van der Waals surface area contributed by atoms with Crippen LogP contribution >= 0.6 is 0 Å². The third-order valence-electron chi connectivity index (χ3n) is 9.41. The molecule has 0 aromatic carbocycles. The molecule has 0 bridgehead atoms. The molecule has 4 aliphatic carbocycles. The number of hydrogen-bond acceptors (Lipinski definition) is 9. The van der Waals surface area contributed by atoms with Crippen LogP contribution in [0.1, 0.15) is 66.2 Å². The highest BCUT2D eigenvalue weighted by Gasteiger charge is 2.74. The highest BCUT2D eigenvalue weighted by molar-refractivity contribution is 5.92. The predicted octanol–water partition coefficient (Wildman–Crippen LogP) is 1.87. The van der Waals surface area contributed by atoms with E-state index < -0.39 is 57.8 Å². The van der Waals surface area contributed by atoms with Crippen molar-refractivity contribution in [1.82, 2.24) is 0 Å². The van der Waals surface area contributed by atoms with E-state index in [9.17, 15) is 29.4 Å². The Kier molecular flexibility index (Phi) is 6.41. The summed E-state index contributed by atoms with van der Waals surface area (Å²) in [5.41, 5.74) is -5.00. The average Bonchev–Trinajstić information content (AvgIpc) is 3.02. The minimum atomic E-state index is -1.53. The van der Waals surface area contributed by atoms with Gasteiger partial charge in [-0.25, -0.2) is 0 Å². The van der Waals surface area contributed by atoms with Crippen LogP contribution in [0.4, 0.5) is 0 Å². The molecular weight excluding hydrogens is 456 g/mol. The highest BCUT2D eigenvalue weighted by atomic mass is 16.5. The van der Waals surface area contributed by atoms with Crippen LogP contribution < -0.4 is 0 Å². The molecular formula is C26H36O9. The smallest absolute Gasteiger partial charge is 0.309 e. The standard InChI is InChI=1S/C26H36O9/c1-5-33-22(30)19-8-11-26(32)18-7-10-25(31)12-17(29)6-9-24(25,14-34-15(2)27)21(18)20(35-16(3)28)13-23(19,26)4/h6,9,18-21,31-32H,5,7-8,10-14H2,1-4H3/t18-,19-,20-,21-,23-,24+,25+,26-/m1/s1. The Hall–Kier alpha value is -2.26. The number of carbonyl (C=O) groups excluding carboxylic acids is 4. The zero-order chi connectivity index (χ0) is 25.8. The fourth-order valence-electron chi connectivity index (χ4n) is 7.90. The van der Waals surface area contributed by atoms with Crippen molar-refractivity contribution in [1.29, 1.82) is 0 Å². The lowest BCUT2D eigenvalue weighted by molar-refractivity contribution is -0.270. The summed E-state index contributed by atoms with van der Waals surface area (Å²) in [6, 6.07) is 0. The molecule has 3 saturated carbocycles. The first-order valence-corrected chi connectivity index (χ1v) is 12.5. The van der Waals surface area contributed by atoms with Crippen LogP contribution in [-0.4, -0.2) is 64.4 Å². The van der Waals surface area contributed by atoms with Gasteiger partial charge in [0.1, 0.15) is 12.7 Å². The topological polar surface area (TPSA) is 136 Å². The van der Waals surface area contributed by atoms with E-state index in [-0.39, 0.29) is 44.2 Å². The molecule has 3 fully saturated rings. The summed E-state index contributed by atoms with van der Waals surface area (Å²) in [4.78, 5) is 49.4. The maximum absolute atomic E-state index is 12.9. The molecule has 0 radical (unpaired) electrons. The maximum atomic E-state index is 12.9. The van der Waals surface area contributed by atoms with E-state index in [1.54, 1.807) is 13.0 Å². The van der Waals surface area contributed by atoms with Crippen molar-refractivity contribution in [2.24, 2.45) is 28.6 Å². The molecule has 0 spiro atoms. The molecule has 0 saturated heterocycles. The molecule has 0 amide bonds. The van der Waals surface area contributed by atoms with E-state index in [1.165, 1.54) is 19.9 Å². The Labute approximate surface area is 205 Å². The Morgan fingerprint density at radius 3 is 2.43 bits per heavy atom. The average molecular weight is 493 g/mol. The molecule has 2 N–H and O–H groups in total. The van der Waals surface area contributed by atoms with Gasteiger partial charge in [0.2, 0.25) is 0 Å². The number of fused-ring (bicyclic) bond motifs is 5. The summed E-state index contributed by atoms with van der Waals surface area (Å²) in [5, 5.41) is 24.1. The van der Waals surface area contributed by atoms with Crippen molar-refractivity contribution in [3.05, 3.63) is 12.2 Å². The van der Waals surface area contributed by atoms with Crippen molar-refractivity contribution in [2.75, 3.05) is 13.2 Å². The fourth-order valence-corrected chi connectivity index (χ4v) is 7.90. The predicted molar refractivity (Wildman–Crippen MR) is 122 cm³/mol. The molecule has 8 atom stereocenters. The minimum Gasteiger partial charge on any atom is -0.466 e. The number of carbonyl (C=O) groups is 4. The van der Waals surface area contributed by atoms with Crippen LogP contribution in [0.15, 0.2) is 12.2 Å². The molecule has 0 aromatic heterocycles. The maximum Gasteiger partial charge on any atom is 0.309 e. The van der Waals surface area contributed by atoms with Crippen LogP contribution in [0, 0.1) is 28.6 Å². The van der Waals surface area contributed by atoms with Gasteiger partial charge in [-0.15, -0.1) is 0 Å². The fraction of sp³-hybridized carbons (Fsp3) is 0.769. The van der Waals surface area contributed by atoms with Gasteiger partial charge < -0.3 is 24.4 Å². The number of aliphatic hydroxyl groups is 2. The number of hydrogen-bond donors (Lipinski definition) is 2. The number of ether oxygens (including phenoxy) is 3. The molecule has 194 valence electrons. The van der Waals surface area contributed by atoms with Gasteiger partial charge in [0.25, 0.3) is 0 Å². The largest absolute Gasteiger partial charge is 0.466 e. The lowest BCUT2D eigenvalue weighted by atomic mass is 9.42.